The molecule has 14 heavy (non-hydrogen) atoms. The van der Waals surface area contributed by atoms with E-state index in [4.69, 9.17) is 5.73 Å². The Morgan fingerprint density at radius 3 is 2.57 bits per heavy atom. The summed E-state index contributed by atoms with van der Waals surface area (Å²) >= 11 is 0. The maximum atomic E-state index is 6.26. The van der Waals surface area contributed by atoms with E-state index < -0.39 is 0 Å². The van der Waals surface area contributed by atoms with Gasteiger partial charge in [0.05, 0.1) is 0 Å². The predicted octanol–water partition coefficient (Wildman–Crippen LogP) is 1.99. The Hall–Kier alpha value is -0.0800. The first-order valence-corrected chi connectivity index (χ1v) is 6.27. The Kier molecular flexibility index (Phi) is 3.45. The molecule has 2 N–H and O–H groups in total. The Bertz CT molecular complexity index is 181. The van der Waals surface area contributed by atoms with Crippen molar-refractivity contribution in [3.63, 3.8) is 0 Å². The molecule has 82 valence electrons. The Morgan fingerprint density at radius 2 is 1.86 bits per heavy atom. The van der Waals surface area contributed by atoms with Crippen molar-refractivity contribution in [2.24, 2.45) is 11.7 Å². The highest BCUT2D eigenvalue weighted by molar-refractivity contribution is 4.88. The largest absolute Gasteiger partial charge is 0.326 e. The van der Waals surface area contributed by atoms with Crippen LogP contribution in [-0.4, -0.2) is 30.1 Å². The number of nitrogens with two attached hydrogens (primary N) is 1. The zero-order valence-corrected chi connectivity index (χ0v) is 9.41. The van der Waals surface area contributed by atoms with Crippen molar-refractivity contribution in [3.8, 4) is 0 Å². The zero-order valence-electron chi connectivity index (χ0n) is 9.41. The van der Waals surface area contributed by atoms with E-state index in [-0.39, 0.29) is 0 Å². The van der Waals surface area contributed by atoms with Crippen molar-refractivity contribution < 1.29 is 0 Å². The zero-order chi connectivity index (χ0) is 9.97. The lowest BCUT2D eigenvalue weighted by molar-refractivity contribution is 0.195. The summed E-state index contributed by atoms with van der Waals surface area (Å²) in [6.07, 6.45) is 8.10. The van der Waals surface area contributed by atoms with Gasteiger partial charge >= 0.3 is 0 Å². The van der Waals surface area contributed by atoms with Crippen molar-refractivity contribution in [1.29, 1.82) is 0 Å². The van der Waals surface area contributed by atoms with Crippen LogP contribution in [0.15, 0.2) is 0 Å². The molecule has 1 saturated carbocycles. The fourth-order valence-corrected chi connectivity index (χ4v) is 3.04. The predicted molar refractivity (Wildman–Crippen MR) is 60.2 cm³/mol. The standard InChI is InChI=1S/C12H24N2/c1-10-7-8-14(9-10)12-6-4-2-3-5-11(12)13/h10-12H,2-9,13H2,1H3. The minimum atomic E-state index is 0.447. The van der Waals surface area contributed by atoms with Crippen molar-refractivity contribution in [1.82, 2.24) is 4.90 Å². The first-order valence-electron chi connectivity index (χ1n) is 6.27. The van der Waals surface area contributed by atoms with Crippen LogP contribution in [0.25, 0.3) is 0 Å². The van der Waals surface area contributed by atoms with Crippen LogP contribution in [0.3, 0.4) is 0 Å². The van der Waals surface area contributed by atoms with Gasteiger partial charge in [-0.05, 0) is 31.7 Å². The molecule has 3 unspecified atom stereocenters. The fraction of sp³-hybridized carbons (Fsp3) is 1.00. The van der Waals surface area contributed by atoms with Gasteiger partial charge in [-0.1, -0.05) is 26.2 Å². The van der Waals surface area contributed by atoms with Gasteiger partial charge in [-0.2, -0.15) is 0 Å². The lowest BCUT2D eigenvalue weighted by Crippen LogP contribution is -2.46. The van der Waals surface area contributed by atoms with Gasteiger partial charge in [0.15, 0.2) is 0 Å². The summed E-state index contributed by atoms with van der Waals surface area (Å²) < 4.78 is 0. The van der Waals surface area contributed by atoms with E-state index >= 15 is 0 Å². The number of hydrogen-bond donors (Lipinski definition) is 1. The third-order valence-electron chi connectivity index (χ3n) is 3.96. The first-order chi connectivity index (χ1) is 6.77. The highest BCUT2D eigenvalue weighted by Crippen LogP contribution is 2.26. The normalized spacial score (nSPS) is 41.1. The Balaban J connectivity index is 1.93. The van der Waals surface area contributed by atoms with Gasteiger partial charge in [-0.3, -0.25) is 4.90 Å². The second-order valence-electron chi connectivity index (χ2n) is 5.26. The average Bonchev–Trinajstić information content (AvgIpc) is 2.46. The monoisotopic (exact) mass is 196 g/mol. The summed E-state index contributed by atoms with van der Waals surface area (Å²) in [7, 11) is 0. The SMILES string of the molecule is CC1CCN(C2CCCCCC2N)C1. The quantitative estimate of drug-likeness (QED) is 0.650. The van der Waals surface area contributed by atoms with Gasteiger partial charge in [-0.15, -0.1) is 0 Å². The topological polar surface area (TPSA) is 29.3 Å². The van der Waals surface area contributed by atoms with Crippen LogP contribution in [0.5, 0.6) is 0 Å². The molecule has 0 aromatic heterocycles. The molecule has 0 aromatic carbocycles. The molecule has 2 fully saturated rings. The van der Waals surface area contributed by atoms with Crippen molar-refractivity contribution in [2.45, 2.75) is 57.5 Å². The summed E-state index contributed by atoms with van der Waals surface area (Å²) in [5.41, 5.74) is 6.26. The molecule has 0 spiro atoms. The fourth-order valence-electron chi connectivity index (χ4n) is 3.04. The van der Waals surface area contributed by atoms with Crippen molar-refractivity contribution >= 4 is 0 Å². The molecule has 1 aliphatic heterocycles. The second kappa shape index (κ2) is 4.63. The summed E-state index contributed by atoms with van der Waals surface area (Å²) in [6.45, 7) is 4.94. The van der Waals surface area contributed by atoms with Gasteiger partial charge < -0.3 is 5.73 Å². The Morgan fingerprint density at radius 1 is 1.07 bits per heavy atom. The van der Waals surface area contributed by atoms with Gasteiger partial charge in [0.25, 0.3) is 0 Å². The van der Waals surface area contributed by atoms with Crippen LogP contribution < -0.4 is 5.73 Å². The van der Waals surface area contributed by atoms with Gasteiger partial charge in [0.2, 0.25) is 0 Å². The molecule has 2 nitrogen and oxygen atoms in total. The molecule has 0 radical (unpaired) electrons. The smallest absolute Gasteiger partial charge is 0.0247 e. The van der Waals surface area contributed by atoms with Crippen LogP contribution in [0.4, 0.5) is 0 Å². The highest BCUT2D eigenvalue weighted by atomic mass is 15.2. The number of rotatable bonds is 1. The van der Waals surface area contributed by atoms with E-state index in [9.17, 15) is 0 Å². The third kappa shape index (κ3) is 2.29. The summed E-state index contributed by atoms with van der Waals surface area (Å²) in [6, 6.07) is 1.14. The molecule has 2 aliphatic rings. The van der Waals surface area contributed by atoms with Gasteiger partial charge in [0.1, 0.15) is 0 Å². The minimum Gasteiger partial charge on any atom is -0.326 e. The molecule has 1 saturated heterocycles. The summed E-state index contributed by atoms with van der Waals surface area (Å²) in [4.78, 5) is 2.65. The van der Waals surface area contributed by atoms with Gasteiger partial charge in [-0.25, -0.2) is 0 Å². The van der Waals surface area contributed by atoms with E-state index in [2.05, 4.69) is 11.8 Å². The molecule has 0 amide bonds. The number of nitrogens with zero attached hydrogens (tertiary/aromatic N) is 1. The van der Waals surface area contributed by atoms with E-state index in [1.165, 1.54) is 51.6 Å². The summed E-state index contributed by atoms with van der Waals surface area (Å²) in [5.74, 6) is 0.894. The van der Waals surface area contributed by atoms with Crippen LogP contribution in [0, 0.1) is 5.92 Å². The van der Waals surface area contributed by atoms with Crippen LogP contribution in [0.2, 0.25) is 0 Å². The molecule has 1 aliphatic carbocycles. The van der Waals surface area contributed by atoms with Crippen LogP contribution >= 0.6 is 0 Å². The lowest BCUT2D eigenvalue weighted by atomic mass is 10.0. The average molecular weight is 196 g/mol. The van der Waals surface area contributed by atoms with Crippen molar-refractivity contribution in [2.75, 3.05) is 13.1 Å². The van der Waals surface area contributed by atoms with Crippen molar-refractivity contribution in [3.05, 3.63) is 0 Å². The summed E-state index contributed by atoms with van der Waals surface area (Å²) in [5, 5.41) is 0. The Labute approximate surface area is 87.8 Å². The van der Waals surface area contributed by atoms with Crippen LogP contribution in [0.1, 0.15) is 45.4 Å². The molecule has 2 rings (SSSR count). The number of hydrogen-bond acceptors (Lipinski definition) is 2. The molecular formula is C12H24N2. The second-order valence-corrected chi connectivity index (χ2v) is 5.26. The molecule has 0 bridgehead atoms. The molecule has 2 heteroatoms. The third-order valence-corrected chi connectivity index (χ3v) is 3.96. The highest BCUT2D eigenvalue weighted by Gasteiger charge is 2.30. The van der Waals surface area contributed by atoms with Crippen LogP contribution in [-0.2, 0) is 0 Å². The lowest BCUT2D eigenvalue weighted by Gasteiger charge is -2.31. The molecule has 3 atom stereocenters. The molecular weight excluding hydrogens is 172 g/mol. The van der Waals surface area contributed by atoms with E-state index in [1.807, 2.05) is 0 Å². The van der Waals surface area contributed by atoms with E-state index in [0.29, 0.717) is 12.1 Å². The maximum absolute atomic E-state index is 6.26. The minimum absolute atomic E-state index is 0.447. The molecule has 0 aromatic rings. The first kappa shape index (κ1) is 10.4. The maximum Gasteiger partial charge on any atom is 0.0247 e. The van der Waals surface area contributed by atoms with Gasteiger partial charge in [0, 0.05) is 18.6 Å². The van der Waals surface area contributed by atoms with E-state index in [0.717, 1.165) is 5.92 Å². The molecule has 1 heterocycles. The van der Waals surface area contributed by atoms with E-state index in [1.54, 1.807) is 0 Å². The number of likely N-dealkylation sites (tertiary alicyclic amines) is 1.